The van der Waals surface area contributed by atoms with Crippen LogP contribution in [0.5, 0.6) is 0 Å². The molecule has 0 saturated heterocycles. The van der Waals surface area contributed by atoms with Crippen molar-refractivity contribution in [1.29, 1.82) is 0 Å². The first-order valence-electron chi connectivity index (χ1n) is 9.63. The number of amides is 2. The van der Waals surface area contributed by atoms with Gasteiger partial charge in [0.25, 0.3) is 11.8 Å². The van der Waals surface area contributed by atoms with Gasteiger partial charge in [0.05, 0.1) is 0 Å². The summed E-state index contributed by atoms with van der Waals surface area (Å²) in [7, 11) is 4.99. The lowest BCUT2D eigenvalue weighted by Gasteiger charge is -2.11. The van der Waals surface area contributed by atoms with Crippen molar-refractivity contribution >= 4 is 40.8 Å². The van der Waals surface area contributed by atoms with Gasteiger partial charge in [0.15, 0.2) is 5.76 Å². The summed E-state index contributed by atoms with van der Waals surface area (Å²) in [6, 6.07) is 10.9. The summed E-state index contributed by atoms with van der Waals surface area (Å²) in [5.74, 6) is -0.184. The van der Waals surface area contributed by atoms with E-state index in [1.54, 1.807) is 56.6 Å². The van der Waals surface area contributed by atoms with Crippen LogP contribution in [0.3, 0.4) is 0 Å². The van der Waals surface area contributed by atoms with E-state index in [-0.39, 0.29) is 17.6 Å². The maximum absolute atomic E-state index is 12.1. The molecule has 31 heavy (non-hydrogen) atoms. The highest BCUT2D eigenvalue weighted by Gasteiger charge is 2.16. The number of fused-ring (bicyclic) bond motifs is 1. The molecule has 3 rings (SSSR count). The Labute approximate surface area is 180 Å². The van der Waals surface area contributed by atoms with Crippen LogP contribution in [0, 0.1) is 0 Å². The largest absolute Gasteiger partial charge is 0.433 e. The van der Waals surface area contributed by atoms with Gasteiger partial charge in [-0.3, -0.25) is 14.6 Å². The summed E-state index contributed by atoms with van der Waals surface area (Å²) in [5.41, 5.74) is 4.53. The molecule has 1 aromatic carbocycles. The van der Waals surface area contributed by atoms with Gasteiger partial charge in [0.2, 0.25) is 5.71 Å². The molecule has 2 amide bonds. The maximum atomic E-state index is 12.1. The van der Waals surface area contributed by atoms with E-state index < -0.39 is 0 Å². The molecule has 0 radical (unpaired) electrons. The molecule has 2 heterocycles. The van der Waals surface area contributed by atoms with Gasteiger partial charge in [-0.2, -0.15) is 0 Å². The highest BCUT2D eigenvalue weighted by atomic mass is 16.4. The first-order chi connectivity index (χ1) is 14.8. The predicted molar refractivity (Wildman–Crippen MR) is 123 cm³/mol. The second-order valence-corrected chi connectivity index (χ2v) is 7.14. The van der Waals surface area contributed by atoms with E-state index in [0.29, 0.717) is 16.7 Å². The Kier molecular flexibility index (Phi) is 6.45. The number of nitrogens with zero attached hydrogens (tertiary/aromatic N) is 3. The molecular weight excluding hydrogens is 392 g/mol. The van der Waals surface area contributed by atoms with Crippen molar-refractivity contribution in [2.45, 2.75) is 6.92 Å². The summed E-state index contributed by atoms with van der Waals surface area (Å²) in [6.07, 6.45) is 5.24. The van der Waals surface area contributed by atoms with Crippen LogP contribution < -0.4 is 5.32 Å². The molecule has 0 aliphatic carbocycles. The molecule has 3 aromatic rings. The zero-order chi connectivity index (χ0) is 22.5. The monoisotopic (exact) mass is 416 g/mol. The fraction of sp³-hybridized carbons (Fsp3) is 0.167. The third-order valence-electron chi connectivity index (χ3n) is 4.79. The highest BCUT2D eigenvalue weighted by Crippen LogP contribution is 2.30. The Morgan fingerprint density at radius 3 is 2.45 bits per heavy atom. The van der Waals surface area contributed by atoms with Crippen LogP contribution in [0.1, 0.15) is 39.0 Å². The van der Waals surface area contributed by atoms with Gasteiger partial charge in [-0.1, -0.05) is 12.1 Å². The molecule has 158 valence electrons. The normalized spacial score (nSPS) is 12.0. The zero-order valence-electron chi connectivity index (χ0n) is 18.0. The zero-order valence-corrected chi connectivity index (χ0v) is 18.0. The van der Waals surface area contributed by atoms with Crippen LogP contribution in [-0.4, -0.2) is 49.6 Å². The van der Waals surface area contributed by atoms with E-state index in [4.69, 9.17) is 4.42 Å². The second kappa shape index (κ2) is 9.21. The molecule has 0 bridgehead atoms. The molecule has 1 N–H and O–H groups in total. The standard InChI is InChI=1S/C24H24N4O3/c1-15(16-6-8-17(9-7-16)24(30)28(4)5)12-18(14-25-2)19-10-11-27-23-20(19)13-21(31-23)22(29)26-3/h6-14H,2H2,1,3-5H3,(H,26,29)/b15-12+,18-14+. The van der Waals surface area contributed by atoms with Gasteiger partial charge in [0.1, 0.15) is 0 Å². The lowest BCUT2D eigenvalue weighted by molar-refractivity contribution is 0.0827. The van der Waals surface area contributed by atoms with E-state index >= 15 is 0 Å². The number of rotatable bonds is 6. The van der Waals surface area contributed by atoms with E-state index in [1.807, 2.05) is 31.2 Å². The number of carbonyl (C=O) groups is 2. The Balaban J connectivity index is 2.01. The number of furan rings is 1. The van der Waals surface area contributed by atoms with Crippen molar-refractivity contribution in [3.63, 3.8) is 0 Å². The fourth-order valence-corrected chi connectivity index (χ4v) is 3.16. The Morgan fingerprint density at radius 2 is 1.84 bits per heavy atom. The molecule has 0 saturated carbocycles. The van der Waals surface area contributed by atoms with Crippen molar-refractivity contribution in [3.05, 3.63) is 77.3 Å². The summed E-state index contributed by atoms with van der Waals surface area (Å²) in [4.78, 5) is 33.8. The van der Waals surface area contributed by atoms with Gasteiger partial charge < -0.3 is 14.6 Å². The number of pyridine rings is 1. The van der Waals surface area contributed by atoms with Crippen LogP contribution >= 0.6 is 0 Å². The lowest BCUT2D eigenvalue weighted by atomic mass is 9.98. The quantitative estimate of drug-likeness (QED) is 0.485. The van der Waals surface area contributed by atoms with Crippen molar-refractivity contribution in [3.8, 4) is 0 Å². The maximum Gasteiger partial charge on any atom is 0.286 e. The van der Waals surface area contributed by atoms with Gasteiger partial charge >= 0.3 is 0 Å². The third-order valence-corrected chi connectivity index (χ3v) is 4.79. The van der Waals surface area contributed by atoms with Crippen LogP contribution in [0.4, 0.5) is 0 Å². The van der Waals surface area contributed by atoms with Crippen LogP contribution in [-0.2, 0) is 0 Å². The number of benzene rings is 1. The number of aromatic nitrogens is 1. The molecule has 0 atom stereocenters. The smallest absolute Gasteiger partial charge is 0.286 e. The third kappa shape index (κ3) is 4.61. The van der Waals surface area contributed by atoms with Gasteiger partial charge in [-0.05, 0) is 60.7 Å². The van der Waals surface area contributed by atoms with Gasteiger partial charge in [-0.25, -0.2) is 4.98 Å². The number of allylic oxidation sites excluding steroid dienone is 3. The summed E-state index contributed by atoms with van der Waals surface area (Å²) in [6.45, 7) is 5.55. The summed E-state index contributed by atoms with van der Waals surface area (Å²) in [5, 5.41) is 3.25. The Morgan fingerprint density at radius 1 is 1.16 bits per heavy atom. The fourth-order valence-electron chi connectivity index (χ4n) is 3.16. The number of aliphatic imine (C=N–C) groups is 1. The first-order valence-corrected chi connectivity index (χ1v) is 9.63. The second-order valence-electron chi connectivity index (χ2n) is 7.14. The van der Waals surface area contributed by atoms with Crippen molar-refractivity contribution in [2.75, 3.05) is 21.1 Å². The molecular formula is C24H24N4O3. The molecule has 0 aliphatic heterocycles. The number of nitrogens with one attached hydrogen (secondary N) is 1. The lowest BCUT2D eigenvalue weighted by Crippen LogP contribution is -2.21. The van der Waals surface area contributed by atoms with Crippen molar-refractivity contribution in [1.82, 2.24) is 15.2 Å². The van der Waals surface area contributed by atoms with Gasteiger partial charge in [-0.15, -0.1) is 0 Å². The molecule has 0 spiro atoms. The Bertz CT molecular complexity index is 1200. The van der Waals surface area contributed by atoms with E-state index in [1.165, 1.54) is 0 Å². The number of hydrogen-bond acceptors (Lipinski definition) is 5. The molecule has 0 fully saturated rings. The predicted octanol–water partition coefficient (Wildman–Crippen LogP) is 4.03. The molecule has 2 aromatic heterocycles. The van der Waals surface area contributed by atoms with E-state index in [2.05, 4.69) is 22.0 Å². The topological polar surface area (TPSA) is 87.8 Å². The molecule has 7 nitrogen and oxygen atoms in total. The van der Waals surface area contributed by atoms with Crippen LogP contribution in [0.25, 0.3) is 22.2 Å². The van der Waals surface area contributed by atoms with Gasteiger partial charge in [0, 0.05) is 50.1 Å². The minimum absolute atomic E-state index is 0.0457. The summed E-state index contributed by atoms with van der Waals surface area (Å²) < 4.78 is 5.58. The average Bonchev–Trinajstić information content (AvgIpc) is 3.22. The number of carbonyl (C=O) groups excluding carboxylic acids is 2. The van der Waals surface area contributed by atoms with E-state index in [9.17, 15) is 9.59 Å². The summed E-state index contributed by atoms with van der Waals surface area (Å²) >= 11 is 0. The van der Waals surface area contributed by atoms with Crippen LogP contribution in [0.15, 0.2) is 64.3 Å². The van der Waals surface area contributed by atoms with Crippen LogP contribution in [0.2, 0.25) is 0 Å². The first kappa shape index (κ1) is 21.7. The Hall–Kier alpha value is -4.00. The van der Waals surface area contributed by atoms with E-state index in [0.717, 1.165) is 22.3 Å². The highest BCUT2D eigenvalue weighted by molar-refractivity contribution is 6.00. The molecule has 7 heteroatoms. The average molecular weight is 416 g/mol. The van der Waals surface area contributed by atoms with Crippen molar-refractivity contribution < 1.29 is 14.0 Å². The number of hydrogen-bond donors (Lipinski definition) is 1. The minimum atomic E-state index is -0.324. The molecule has 0 unspecified atom stereocenters. The minimum Gasteiger partial charge on any atom is -0.433 e. The van der Waals surface area contributed by atoms with Crippen molar-refractivity contribution in [2.24, 2.45) is 4.99 Å². The molecule has 0 aliphatic rings. The SMILES string of the molecule is C=N/C=C(\C=C(/C)c1ccc(C(=O)N(C)C)cc1)c1ccnc2oc(C(=O)NC)cc12.